The Kier molecular flexibility index (Phi) is 4.82. The molecule has 0 spiro atoms. The summed E-state index contributed by atoms with van der Waals surface area (Å²) in [6, 6.07) is 6.75. The zero-order valence-electron chi connectivity index (χ0n) is 13.3. The van der Waals surface area contributed by atoms with Crippen LogP contribution >= 0.6 is 0 Å². The van der Waals surface area contributed by atoms with E-state index in [1.54, 1.807) is 0 Å². The molecule has 1 aromatic carbocycles. The van der Waals surface area contributed by atoms with Gasteiger partial charge in [0.25, 0.3) is 0 Å². The molecule has 1 fully saturated rings. The largest absolute Gasteiger partial charge is 0.355 e. The van der Waals surface area contributed by atoms with Crippen molar-refractivity contribution in [1.82, 2.24) is 4.98 Å². The molecule has 1 aliphatic heterocycles. The topological polar surface area (TPSA) is 76.3 Å². The Hall–Kier alpha value is -2.32. The van der Waals surface area contributed by atoms with Crippen LogP contribution in [-0.2, 0) is 10.0 Å². The number of nitrogens with two attached hydrogens (primary N) is 1. The summed E-state index contributed by atoms with van der Waals surface area (Å²) in [4.78, 5) is 6.02. The molecule has 0 atom stereocenters. The number of piperidine rings is 1. The summed E-state index contributed by atoms with van der Waals surface area (Å²) in [5, 5.41) is 5.25. The van der Waals surface area contributed by atoms with Crippen LogP contribution in [0.2, 0.25) is 0 Å². The standard InChI is InChI=1S/C17H17F2N3O2S/c18-14-4-3-13(11-15(14)19)10-12-5-8-22(9-6-12)17-16(25(20,23)24)2-1-7-21-17/h1-4,7,10-11H,5-6,8-9H2,(H2,20,23,24). The zero-order chi connectivity index (χ0) is 18.0. The van der Waals surface area contributed by atoms with Gasteiger partial charge in [-0.3, -0.25) is 0 Å². The predicted octanol–water partition coefficient (Wildman–Crippen LogP) is 2.69. The number of nitrogens with zero attached hydrogens (tertiary/aromatic N) is 2. The Morgan fingerprint density at radius 3 is 2.48 bits per heavy atom. The lowest BCUT2D eigenvalue weighted by atomic mass is 10.0. The molecular formula is C17H17F2N3O2S. The third kappa shape index (κ3) is 4.02. The van der Waals surface area contributed by atoms with Crippen LogP contribution in [0.3, 0.4) is 0 Å². The van der Waals surface area contributed by atoms with E-state index in [1.807, 2.05) is 11.0 Å². The molecule has 1 aromatic heterocycles. The second-order valence-corrected chi connectivity index (χ2v) is 7.36. The second-order valence-electron chi connectivity index (χ2n) is 5.83. The highest BCUT2D eigenvalue weighted by Crippen LogP contribution is 2.27. The van der Waals surface area contributed by atoms with Gasteiger partial charge in [0.2, 0.25) is 10.0 Å². The van der Waals surface area contributed by atoms with Crippen LogP contribution in [0.15, 0.2) is 47.0 Å². The minimum Gasteiger partial charge on any atom is -0.355 e. The van der Waals surface area contributed by atoms with E-state index in [9.17, 15) is 17.2 Å². The van der Waals surface area contributed by atoms with Crippen molar-refractivity contribution in [1.29, 1.82) is 0 Å². The molecule has 2 aromatic rings. The second kappa shape index (κ2) is 6.89. The van der Waals surface area contributed by atoms with E-state index >= 15 is 0 Å². The number of pyridine rings is 1. The maximum absolute atomic E-state index is 13.3. The summed E-state index contributed by atoms with van der Waals surface area (Å²) in [5.41, 5.74) is 1.68. The van der Waals surface area contributed by atoms with Gasteiger partial charge < -0.3 is 4.90 Å². The molecule has 0 bridgehead atoms. The maximum atomic E-state index is 13.3. The van der Waals surface area contributed by atoms with Gasteiger partial charge in [0.15, 0.2) is 11.6 Å². The van der Waals surface area contributed by atoms with E-state index in [0.29, 0.717) is 37.3 Å². The molecule has 25 heavy (non-hydrogen) atoms. The molecule has 2 heterocycles. The predicted molar refractivity (Wildman–Crippen MR) is 91.4 cm³/mol. The monoisotopic (exact) mass is 365 g/mol. The van der Waals surface area contributed by atoms with Crippen LogP contribution in [0.5, 0.6) is 0 Å². The molecule has 1 saturated heterocycles. The summed E-state index contributed by atoms with van der Waals surface area (Å²) in [6.45, 7) is 1.13. The van der Waals surface area contributed by atoms with Crippen LogP contribution in [0.1, 0.15) is 18.4 Å². The molecule has 5 nitrogen and oxygen atoms in total. The number of benzene rings is 1. The number of rotatable bonds is 3. The Balaban J connectivity index is 1.76. The lowest BCUT2D eigenvalue weighted by Gasteiger charge is -2.30. The third-order valence-electron chi connectivity index (χ3n) is 4.08. The van der Waals surface area contributed by atoms with Gasteiger partial charge in [-0.05, 0) is 42.7 Å². The van der Waals surface area contributed by atoms with Crippen LogP contribution in [0.25, 0.3) is 6.08 Å². The number of hydrogen-bond donors (Lipinski definition) is 1. The third-order valence-corrected chi connectivity index (χ3v) is 5.01. The smallest absolute Gasteiger partial charge is 0.241 e. The molecule has 0 unspecified atom stereocenters. The quantitative estimate of drug-likeness (QED) is 0.907. The van der Waals surface area contributed by atoms with Crippen LogP contribution < -0.4 is 10.0 Å². The fourth-order valence-electron chi connectivity index (χ4n) is 2.83. The lowest BCUT2D eigenvalue weighted by molar-refractivity contribution is 0.508. The summed E-state index contributed by atoms with van der Waals surface area (Å²) in [6.07, 6.45) is 4.69. The molecule has 0 amide bonds. The van der Waals surface area contributed by atoms with Crippen molar-refractivity contribution in [2.45, 2.75) is 17.7 Å². The molecule has 132 valence electrons. The van der Waals surface area contributed by atoms with E-state index < -0.39 is 21.7 Å². The van der Waals surface area contributed by atoms with Gasteiger partial charge in [0, 0.05) is 19.3 Å². The van der Waals surface area contributed by atoms with Crippen LogP contribution in [-0.4, -0.2) is 26.5 Å². The van der Waals surface area contributed by atoms with Crippen molar-refractivity contribution in [3.63, 3.8) is 0 Å². The SMILES string of the molecule is NS(=O)(=O)c1cccnc1N1CCC(=Cc2ccc(F)c(F)c2)CC1. The van der Waals surface area contributed by atoms with Gasteiger partial charge in [-0.2, -0.15) is 0 Å². The van der Waals surface area contributed by atoms with Crippen molar-refractivity contribution >= 4 is 21.9 Å². The van der Waals surface area contributed by atoms with E-state index in [0.717, 1.165) is 17.7 Å². The van der Waals surface area contributed by atoms with Crippen molar-refractivity contribution in [2.24, 2.45) is 5.14 Å². The summed E-state index contributed by atoms with van der Waals surface area (Å²) in [7, 11) is -3.85. The highest BCUT2D eigenvalue weighted by Gasteiger charge is 2.22. The molecule has 3 rings (SSSR count). The molecule has 8 heteroatoms. The van der Waals surface area contributed by atoms with Crippen LogP contribution in [0.4, 0.5) is 14.6 Å². The molecule has 0 saturated carbocycles. The number of sulfonamides is 1. The maximum Gasteiger partial charge on any atom is 0.241 e. The van der Waals surface area contributed by atoms with E-state index in [1.165, 1.54) is 24.4 Å². The Labute approximate surface area is 144 Å². The first-order valence-electron chi connectivity index (χ1n) is 7.72. The lowest BCUT2D eigenvalue weighted by Crippen LogP contribution is -2.33. The number of anilines is 1. The highest BCUT2D eigenvalue weighted by atomic mass is 32.2. The van der Waals surface area contributed by atoms with Gasteiger partial charge in [-0.25, -0.2) is 27.3 Å². The molecule has 0 radical (unpaired) electrons. The fraction of sp³-hybridized carbons (Fsp3) is 0.235. The number of primary sulfonamides is 1. The van der Waals surface area contributed by atoms with Gasteiger partial charge in [0.05, 0.1) is 0 Å². The fourth-order valence-corrected chi connectivity index (χ4v) is 3.53. The Morgan fingerprint density at radius 2 is 1.84 bits per heavy atom. The number of aromatic nitrogens is 1. The molecular weight excluding hydrogens is 348 g/mol. The van der Waals surface area contributed by atoms with Crippen LogP contribution in [0, 0.1) is 11.6 Å². The van der Waals surface area contributed by atoms with E-state index in [4.69, 9.17) is 5.14 Å². The number of hydrogen-bond acceptors (Lipinski definition) is 4. The minimum absolute atomic E-state index is 0.00281. The summed E-state index contributed by atoms with van der Waals surface area (Å²) in [5.74, 6) is -1.41. The molecule has 2 N–H and O–H groups in total. The molecule has 1 aliphatic rings. The van der Waals surface area contributed by atoms with Gasteiger partial charge in [-0.1, -0.05) is 17.7 Å². The van der Waals surface area contributed by atoms with Crippen molar-refractivity contribution in [2.75, 3.05) is 18.0 Å². The first-order valence-corrected chi connectivity index (χ1v) is 9.26. The van der Waals surface area contributed by atoms with Gasteiger partial charge >= 0.3 is 0 Å². The summed E-state index contributed by atoms with van der Waals surface area (Å²) < 4.78 is 49.7. The van der Waals surface area contributed by atoms with E-state index in [-0.39, 0.29) is 4.90 Å². The highest BCUT2D eigenvalue weighted by molar-refractivity contribution is 7.89. The Morgan fingerprint density at radius 1 is 1.12 bits per heavy atom. The first kappa shape index (κ1) is 17.5. The Bertz CT molecular complexity index is 919. The van der Waals surface area contributed by atoms with Gasteiger partial charge in [0.1, 0.15) is 10.7 Å². The average molecular weight is 365 g/mol. The average Bonchev–Trinajstić information content (AvgIpc) is 2.58. The zero-order valence-corrected chi connectivity index (χ0v) is 14.1. The van der Waals surface area contributed by atoms with E-state index in [2.05, 4.69) is 4.98 Å². The van der Waals surface area contributed by atoms with Crippen molar-refractivity contribution in [3.05, 3.63) is 59.3 Å². The minimum atomic E-state index is -3.85. The first-order chi connectivity index (χ1) is 11.8. The van der Waals surface area contributed by atoms with Gasteiger partial charge in [-0.15, -0.1) is 0 Å². The normalized spacial score (nSPS) is 15.3. The van der Waals surface area contributed by atoms with Crippen molar-refractivity contribution in [3.8, 4) is 0 Å². The summed E-state index contributed by atoms with van der Waals surface area (Å²) >= 11 is 0. The molecule has 0 aliphatic carbocycles. The van der Waals surface area contributed by atoms with Crippen molar-refractivity contribution < 1.29 is 17.2 Å². The number of halogens is 2.